The second-order valence-corrected chi connectivity index (χ2v) is 26.2. The highest BCUT2D eigenvalue weighted by Gasteiger charge is 2.26. The number of carbonyl (C=O) groups excluding carboxylic acids is 2. The molecule has 2 unspecified atom stereocenters. The Labute approximate surface area is 555 Å². The van der Waals surface area contributed by atoms with Crippen molar-refractivity contribution in [2.45, 2.75) is 347 Å². The van der Waals surface area contributed by atoms with Crippen LogP contribution in [-0.2, 0) is 32.7 Å². The number of esters is 2. The van der Waals surface area contributed by atoms with E-state index in [2.05, 4.69) is 135 Å². The molecular weight excluding hydrogens is 1130 g/mol. The highest BCUT2D eigenvalue weighted by Crippen LogP contribution is 2.43. The van der Waals surface area contributed by atoms with Crippen molar-refractivity contribution in [3.63, 3.8) is 0 Å². The van der Waals surface area contributed by atoms with E-state index in [9.17, 15) is 19.0 Å². The third-order valence-corrected chi connectivity index (χ3v) is 17.1. The molecule has 0 aromatic carbocycles. The first-order chi connectivity index (χ1) is 44.3. The van der Waals surface area contributed by atoms with Gasteiger partial charge in [0.15, 0.2) is 6.10 Å². The second kappa shape index (κ2) is 74.4. The zero-order valence-electron chi connectivity index (χ0n) is 58.3. The van der Waals surface area contributed by atoms with Crippen LogP contribution < -0.4 is 5.73 Å². The molecule has 518 valence electrons. The summed E-state index contributed by atoms with van der Waals surface area (Å²) in [7, 11) is -4.40. The van der Waals surface area contributed by atoms with E-state index in [1.807, 2.05) is 0 Å². The maximum atomic E-state index is 12.8. The molecule has 3 N–H and O–H groups in total. The number of rotatable bonds is 70. The van der Waals surface area contributed by atoms with Gasteiger partial charge in [-0.05, 0) is 89.9 Å². The molecule has 0 spiro atoms. The van der Waals surface area contributed by atoms with Crippen molar-refractivity contribution in [3.05, 3.63) is 122 Å². The zero-order chi connectivity index (χ0) is 65.1. The average molecular weight is 1270 g/mol. The van der Waals surface area contributed by atoms with Gasteiger partial charge in [0, 0.05) is 19.4 Å². The molecule has 0 amide bonds. The maximum Gasteiger partial charge on any atom is 0.472 e. The summed E-state index contributed by atoms with van der Waals surface area (Å²) in [5.41, 5.74) is 5.41. The summed E-state index contributed by atoms with van der Waals surface area (Å²) in [5, 5.41) is 0. The van der Waals surface area contributed by atoms with Crippen LogP contribution in [-0.4, -0.2) is 49.3 Å². The number of unbranched alkanes of at least 4 members (excludes halogenated alkanes) is 37. The molecule has 0 heterocycles. The molecule has 2 atom stereocenters. The van der Waals surface area contributed by atoms with Crippen molar-refractivity contribution in [1.82, 2.24) is 0 Å². The number of allylic oxidation sites excluding steroid dienone is 20. The van der Waals surface area contributed by atoms with Gasteiger partial charge in [-0.3, -0.25) is 18.6 Å². The second-order valence-electron chi connectivity index (χ2n) is 24.8. The van der Waals surface area contributed by atoms with Gasteiger partial charge in [-0.15, -0.1) is 0 Å². The van der Waals surface area contributed by atoms with E-state index in [4.69, 9.17) is 24.3 Å². The van der Waals surface area contributed by atoms with Crippen molar-refractivity contribution in [1.29, 1.82) is 0 Å². The highest BCUT2D eigenvalue weighted by molar-refractivity contribution is 7.47. The molecule has 0 saturated carbocycles. The lowest BCUT2D eigenvalue weighted by Gasteiger charge is -2.19. The van der Waals surface area contributed by atoms with Crippen LogP contribution in [0, 0.1) is 0 Å². The molecule has 0 aliphatic heterocycles. The Morgan fingerprint density at radius 3 is 0.911 bits per heavy atom. The Balaban J connectivity index is 3.91. The van der Waals surface area contributed by atoms with Gasteiger partial charge in [-0.25, -0.2) is 4.57 Å². The highest BCUT2D eigenvalue weighted by atomic mass is 31.2. The summed E-state index contributed by atoms with van der Waals surface area (Å²) in [6.07, 6.45) is 105. The maximum absolute atomic E-state index is 12.8. The summed E-state index contributed by atoms with van der Waals surface area (Å²) >= 11 is 0. The van der Waals surface area contributed by atoms with Crippen molar-refractivity contribution in [3.8, 4) is 0 Å². The van der Waals surface area contributed by atoms with E-state index in [1.165, 1.54) is 199 Å². The molecule has 0 aromatic rings. The molecule has 0 rings (SSSR count). The smallest absolute Gasteiger partial charge is 0.462 e. The third kappa shape index (κ3) is 73.5. The molecule has 0 bridgehead atoms. The average Bonchev–Trinajstić information content (AvgIpc) is 3.75. The molecular formula is C80H140NO8P. The van der Waals surface area contributed by atoms with Gasteiger partial charge in [-0.2, -0.15) is 0 Å². The lowest BCUT2D eigenvalue weighted by Crippen LogP contribution is -2.29. The molecule has 90 heavy (non-hydrogen) atoms. The first-order valence-electron chi connectivity index (χ1n) is 37.5. The van der Waals surface area contributed by atoms with Crippen molar-refractivity contribution in [2.24, 2.45) is 5.73 Å². The van der Waals surface area contributed by atoms with E-state index >= 15 is 0 Å². The van der Waals surface area contributed by atoms with Crippen LogP contribution in [0.25, 0.3) is 0 Å². The minimum absolute atomic E-state index is 0.0483. The predicted molar refractivity (Wildman–Crippen MR) is 390 cm³/mol. The fraction of sp³-hybridized carbons (Fsp3) is 0.725. The Morgan fingerprint density at radius 1 is 0.344 bits per heavy atom. The summed E-state index contributed by atoms with van der Waals surface area (Å²) in [4.78, 5) is 35.4. The van der Waals surface area contributed by atoms with E-state index in [0.717, 1.165) is 109 Å². The Bertz CT molecular complexity index is 1890. The number of hydrogen-bond acceptors (Lipinski definition) is 8. The van der Waals surface area contributed by atoms with Gasteiger partial charge in [0.2, 0.25) is 0 Å². The molecule has 0 saturated heterocycles. The summed E-state index contributed by atoms with van der Waals surface area (Å²) in [6, 6.07) is 0. The lowest BCUT2D eigenvalue weighted by atomic mass is 10.0. The summed E-state index contributed by atoms with van der Waals surface area (Å²) in [6.45, 7) is 3.66. The van der Waals surface area contributed by atoms with Crippen LogP contribution >= 0.6 is 7.82 Å². The van der Waals surface area contributed by atoms with E-state index < -0.39 is 26.5 Å². The van der Waals surface area contributed by atoms with Gasteiger partial charge in [0.25, 0.3) is 0 Å². The van der Waals surface area contributed by atoms with Crippen LogP contribution in [0.5, 0.6) is 0 Å². The van der Waals surface area contributed by atoms with Crippen LogP contribution in [0.2, 0.25) is 0 Å². The third-order valence-electron chi connectivity index (χ3n) is 16.1. The summed E-state index contributed by atoms with van der Waals surface area (Å²) < 4.78 is 33.2. The number of nitrogens with two attached hydrogens (primary N) is 1. The van der Waals surface area contributed by atoms with E-state index in [1.54, 1.807) is 0 Å². The molecule has 0 radical (unpaired) electrons. The first-order valence-corrected chi connectivity index (χ1v) is 39.0. The quantitative estimate of drug-likeness (QED) is 0.0264. The number of ether oxygens (including phenoxy) is 2. The lowest BCUT2D eigenvalue weighted by molar-refractivity contribution is -0.161. The minimum Gasteiger partial charge on any atom is -0.462 e. The largest absolute Gasteiger partial charge is 0.472 e. The van der Waals surface area contributed by atoms with Crippen LogP contribution in [0.15, 0.2) is 122 Å². The number of carbonyl (C=O) groups is 2. The van der Waals surface area contributed by atoms with Crippen molar-refractivity contribution < 1.29 is 37.6 Å². The van der Waals surface area contributed by atoms with Gasteiger partial charge >= 0.3 is 19.8 Å². The van der Waals surface area contributed by atoms with Gasteiger partial charge in [0.1, 0.15) is 6.61 Å². The topological polar surface area (TPSA) is 134 Å². The molecule has 0 aliphatic carbocycles. The first kappa shape index (κ1) is 86.4. The molecule has 10 heteroatoms. The Kier molecular flexibility index (Phi) is 71.5. The Morgan fingerprint density at radius 2 is 0.611 bits per heavy atom. The molecule has 0 aliphatic rings. The SMILES string of the molecule is CC/C=C\C/C=C\C/C=C\C/C=C\C/C=C\C/C=C\C/C=C\C/C=C\C/C=C\C/C=C\CCCCCCCCCCC(=O)OC(COC(=O)CCCCCCCCCCCCCCCCCCCCCCCCCCCCCCCC)COP(=O)(O)OCCN. The normalized spacial score (nSPS) is 13.6. The number of phosphoric acid groups is 1. The van der Waals surface area contributed by atoms with E-state index in [0.29, 0.717) is 6.42 Å². The van der Waals surface area contributed by atoms with Gasteiger partial charge in [0.05, 0.1) is 13.2 Å². The van der Waals surface area contributed by atoms with Gasteiger partial charge in [-0.1, -0.05) is 360 Å². The van der Waals surface area contributed by atoms with Crippen molar-refractivity contribution >= 4 is 19.8 Å². The van der Waals surface area contributed by atoms with Gasteiger partial charge < -0.3 is 20.1 Å². The Hall–Kier alpha value is -3.59. The van der Waals surface area contributed by atoms with Crippen molar-refractivity contribution in [2.75, 3.05) is 26.4 Å². The standard InChI is InChI=1S/C80H140NO8P/c1-3-5-7-9-11-13-15-17-19-21-23-25-27-29-31-33-35-36-37-38-39-40-41-42-43-45-47-49-51-53-55-57-59-61-63-65-67-69-71-73-80(83)89-78(77-88-90(84,85)87-75-74-81)76-86-79(82)72-70-68-66-64-62-60-58-56-54-52-50-48-46-44-34-32-30-28-26-24-22-20-18-16-14-12-10-8-6-4-2/h5,7,11,13,17,19,23,25,29,31,35-36,38-39,41-42,45,47,51,53,78H,3-4,6,8-10,12,14-16,18,20-22,24,26-28,30,32-34,37,40,43-44,46,48-50,52,54-77,81H2,1-2H3,(H,84,85)/b7-5-,13-11-,19-17-,25-23-,31-29-,36-35-,39-38-,42-41-,47-45-,53-51-. The molecule has 0 aromatic heterocycles. The fourth-order valence-corrected chi connectivity index (χ4v) is 11.4. The summed E-state index contributed by atoms with van der Waals surface area (Å²) in [5.74, 6) is -0.829. The predicted octanol–water partition coefficient (Wildman–Crippen LogP) is 25.0. The van der Waals surface area contributed by atoms with Crippen LogP contribution in [0.1, 0.15) is 341 Å². The monoisotopic (exact) mass is 1270 g/mol. The van der Waals surface area contributed by atoms with E-state index in [-0.39, 0.29) is 38.6 Å². The molecule has 0 fully saturated rings. The molecule has 9 nitrogen and oxygen atoms in total. The number of hydrogen-bond donors (Lipinski definition) is 2. The fourth-order valence-electron chi connectivity index (χ4n) is 10.6. The minimum atomic E-state index is -4.40. The zero-order valence-corrected chi connectivity index (χ0v) is 59.2. The van der Waals surface area contributed by atoms with Crippen LogP contribution in [0.3, 0.4) is 0 Å². The van der Waals surface area contributed by atoms with Crippen LogP contribution in [0.4, 0.5) is 0 Å². The number of phosphoric ester groups is 1.